The Hall–Kier alpha value is -3.48. The fourth-order valence-corrected chi connectivity index (χ4v) is 2.53. The molecule has 0 unspecified atom stereocenters. The molecule has 2 rings (SSSR count). The topological polar surface area (TPSA) is 83.1 Å². The number of hydrogen-bond donors (Lipinski definition) is 1. The SMILES string of the molecule is C=CCc1ccc(OCC(=O)O[C@H](C)C(=O)Nc2ccccc2OC)c(OC)c1. The Morgan fingerprint density at radius 3 is 2.48 bits per heavy atom. The molecule has 1 atom stereocenters. The largest absolute Gasteiger partial charge is 0.495 e. The highest BCUT2D eigenvalue weighted by molar-refractivity contribution is 5.96. The van der Waals surface area contributed by atoms with E-state index in [0.29, 0.717) is 29.4 Å². The predicted octanol–water partition coefficient (Wildman–Crippen LogP) is 3.38. The zero-order valence-corrected chi connectivity index (χ0v) is 16.8. The van der Waals surface area contributed by atoms with Crippen LogP contribution >= 0.6 is 0 Å². The van der Waals surface area contributed by atoms with Crippen molar-refractivity contribution >= 4 is 17.6 Å². The quantitative estimate of drug-likeness (QED) is 0.487. The number of rotatable bonds is 10. The summed E-state index contributed by atoms with van der Waals surface area (Å²) in [6.07, 6.45) is 1.47. The second-order valence-corrected chi connectivity index (χ2v) is 6.09. The summed E-state index contributed by atoms with van der Waals surface area (Å²) in [5.74, 6) is 0.260. The monoisotopic (exact) mass is 399 g/mol. The van der Waals surface area contributed by atoms with Gasteiger partial charge in [0.05, 0.1) is 19.9 Å². The van der Waals surface area contributed by atoms with Gasteiger partial charge in [-0.1, -0.05) is 24.3 Å². The normalized spacial score (nSPS) is 11.1. The highest BCUT2D eigenvalue weighted by Crippen LogP contribution is 2.28. The molecule has 0 aliphatic rings. The van der Waals surface area contributed by atoms with Crippen molar-refractivity contribution in [3.63, 3.8) is 0 Å². The average Bonchev–Trinajstić information content (AvgIpc) is 2.73. The first-order chi connectivity index (χ1) is 14.0. The molecule has 29 heavy (non-hydrogen) atoms. The van der Waals surface area contributed by atoms with Crippen LogP contribution in [-0.4, -0.2) is 38.8 Å². The molecule has 0 aliphatic heterocycles. The Bertz CT molecular complexity index is 864. The first kappa shape index (κ1) is 21.8. The third kappa shape index (κ3) is 6.27. The summed E-state index contributed by atoms with van der Waals surface area (Å²) in [6.45, 7) is 4.82. The Kier molecular flexibility index (Phi) is 8.09. The Morgan fingerprint density at radius 2 is 1.79 bits per heavy atom. The van der Waals surface area contributed by atoms with Crippen LogP contribution in [0.3, 0.4) is 0 Å². The summed E-state index contributed by atoms with van der Waals surface area (Å²) < 4.78 is 21.1. The van der Waals surface area contributed by atoms with Crippen molar-refractivity contribution in [3.05, 3.63) is 60.7 Å². The van der Waals surface area contributed by atoms with Crippen LogP contribution in [0.1, 0.15) is 12.5 Å². The lowest BCUT2D eigenvalue weighted by atomic mass is 10.1. The number of esters is 1. The van der Waals surface area contributed by atoms with Gasteiger partial charge in [-0.25, -0.2) is 4.79 Å². The number of benzene rings is 2. The molecule has 0 bridgehead atoms. The summed E-state index contributed by atoms with van der Waals surface area (Å²) in [4.78, 5) is 24.3. The van der Waals surface area contributed by atoms with Crippen LogP contribution in [0.2, 0.25) is 0 Å². The maximum absolute atomic E-state index is 12.3. The van der Waals surface area contributed by atoms with Crippen molar-refractivity contribution in [2.45, 2.75) is 19.4 Å². The van der Waals surface area contributed by atoms with E-state index in [4.69, 9.17) is 18.9 Å². The van der Waals surface area contributed by atoms with E-state index in [1.165, 1.54) is 21.1 Å². The lowest BCUT2D eigenvalue weighted by molar-refractivity contribution is -0.155. The van der Waals surface area contributed by atoms with Crippen LogP contribution in [0.5, 0.6) is 17.2 Å². The molecule has 2 aromatic carbocycles. The number of nitrogens with one attached hydrogen (secondary N) is 1. The molecule has 0 aromatic heterocycles. The summed E-state index contributed by atoms with van der Waals surface area (Å²) >= 11 is 0. The van der Waals surface area contributed by atoms with Crippen LogP contribution in [0, 0.1) is 0 Å². The number of amides is 1. The van der Waals surface area contributed by atoms with Crippen LogP contribution < -0.4 is 19.5 Å². The van der Waals surface area contributed by atoms with Crippen molar-refractivity contribution in [2.24, 2.45) is 0 Å². The maximum atomic E-state index is 12.3. The van der Waals surface area contributed by atoms with Gasteiger partial charge in [-0.05, 0) is 43.2 Å². The van der Waals surface area contributed by atoms with E-state index in [2.05, 4.69) is 11.9 Å². The molecule has 0 aliphatic carbocycles. The van der Waals surface area contributed by atoms with E-state index in [0.717, 1.165) is 5.56 Å². The Morgan fingerprint density at radius 1 is 1.07 bits per heavy atom. The lowest BCUT2D eigenvalue weighted by Crippen LogP contribution is -2.31. The number of hydrogen-bond acceptors (Lipinski definition) is 6. The molecular weight excluding hydrogens is 374 g/mol. The minimum absolute atomic E-state index is 0.358. The molecule has 7 heteroatoms. The van der Waals surface area contributed by atoms with Crippen LogP contribution in [0.15, 0.2) is 55.1 Å². The van der Waals surface area contributed by atoms with Crippen LogP contribution in [0.25, 0.3) is 0 Å². The van der Waals surface area contributed by atoms with Gasteiger partial charge in [0.1, 0.15) is 5.75 Å². The number of allylic oxidation sites excluding steroid dienone is 1. The molecular formula is C22H25NO6. The summed E-state index contributed by atoms with van der Waals surface area (Å²) in [7, 11) is 3.02. The number of para-hydroxylation sites is 2. The highest BCUT2D eigenvalue weighted by Gasteiger charge is 2.20. The van der Waals surface area contributed by atoms with Crippen LogP contribution in [-0.2, 0) is 20.7 Å². The molecule has 0 radical (unpaired) electrons. The van der Waals surface area contributed by atoms with E-state index in [1.54, 1.807) is 36.4 Å². The van der Waals surface area contributed by atoms with E-state index in [1.807, 2.05) is 12.1 Å². The van der Waals surface area contributed by atoms with Crippen molar-refractivity contribution in [1.82, 2.24) is 0 Å². The van der Waals surface area contributed by atoms with Crippen LogP contribution in [0.4, 0.5) is 5.69 Å². The third-order valence-electron chi connectivity index (χ3n) is 4.00. The predicted molar refractivity (Wildman–Crippen MR) is 110 cm³/mol. The zero-order valence-electron chi connectivity index (χ0n) is 16.8. The summed E-state index contributed by atoms with van der Waals surface area (Å²) in [6, 6.07) is 12.3. The molecule has 0 saturated heterocycles. The molecule has 2 aromatic rings. The van der Waals surface area contributed by atoms with Gasteiger partial charge in [0.25, 0.3) is 5.91 Å². The highest BCUT2D eigenvalue weighted by atomic mass is 16.6. The Labute approximate surface area is 170 Å². The van der Waals surface area contributed by atoms with Gasteiger partial charge in [0.2, 0.25) is 0 Å². The van der Waals surface area contributed by atoms with Gasteiger partial charge in [-0.15, -0.1) is 6.58 Å². The standard InChI is InChI=1S/C22H25NO6/c1-5-8-16-11-12-19(20(13-16)27-4)28-14-21(24)29-15(2)22(25)23-17-9-6-7-10-18(17)26-3/h5-7,9-13,15H,1,8,14H2,2-4H3,(H,23,25)/t15-/m1/s1. The summed E-state index contributed by atoms with van der Waals surface area (Å²) in [5, 5.41) is 2.67. The van der Waals surface area contributed by atoms with Gasteiger partial charge >= 0.3 is 5.97 Å². The van der Waals surface area contributed by atoms with E-state index >= 15 is 0 Å². The van der Waals surface area contributed by atoms with Gasteiger partial charge in [-0.3, -0.25) is 4.79 Å². The molecule has 1 amide bonds. The average molecular weight is 399 g/mol. The molecule has 0 spiro atoms. The van der Waals surface area contributed by atoms with Crippen molar-refractivity contribution < 1.29 is 28.5 Å². The molecule has 1 N–H and O–H groups in total. The first-order valence-electron chi connectivity index (χ1n) is 9.02. The molecule has 7 nitrogen and oxygen atoms in total. The maximum Gasteiger partial charge on any atom is 0.344 e. The molecule has 0 fully saturated rings. The zero-order chi connectivity index (χ0) is 21.2. The number of carbonyl (C=O) groups excluding carboxylic acids is 2. The van der Waals surface area contributed by atoms with Gasteiger partial charge in [0, 0.05) is 0 Å². The van der Waals surface area contributed by atoms with Crippen molar-refractivity contribution in [3.8, 4) is 17.2 Å². The minimum atomic E-state index is -1.01. The van der Waals surface area contributed by atoms with E-state index in [-0.39, 0.29) is 6.61 Å². The molecule has 154 valence electrons. The lowest BCUT2D eigenvalue weighted by Gasteiger charge is -2.16. The summed E-state index contributed by atoms with van der Waals surface area (Å²) in [5.41, 5.74) is 1.50. The molecule has 0 saturated carbocycles. The number of anilines is 1. The van der Waals surface area contributed by atoms with Crippen molar-refractivity contribution in [2.75, 3.05) is 26.1 Å². The van der Waals surface area contributed by atoms with Gasteiger partial charge < -0.3 is 24.3 Å². The number of methoxy groups -OCH3 is 2. The second-order valence-electron chi connectivity index (χ2n) is 6.09. The fraction of sp³-hybridized carbons (Fsp3) is 0.273. The van der Waals surface area contributed by atoms with Gasteiger partial charge in [-0.2, -0.15) is 0 Å². The third-order valence-corrected chi connectivity index (χ3v) is 4.00. The smallest absolute Gasteiger partial charge is 0.344 e. The minimum Gasteiger partial charge on any atom is -0.495 e. The Balaban J connectivity index is 1.90. The van der Waals surface area contributed by atoms with Crippen molar-refractivity contribution in [1.29, 1.82) is 0 Å². The number of carbonyl (C=O) groups is 2. The number of ether oxygens (including phenoxy) is 4. The molecule has 0 heterocycles. The fourth-order valence-electron chi connectivity index (χ4n) is 2.53. The van der Waals surface area contributed by atoms with Gasteiger partial charge in [0.15, 0.2) is 24.2 Å². The second kappa shape index (κ2) is 10.8. The van der Waals surface area contributed by atoms with E-state index < -0.39 is 18.0 Å². The van der Waals surface area contributed by atoms with E-state index in [9.17, 15) is 9.59 Å². The first-order valence-corrected chi connectivity index (χ1v) is 9.02.